The van der Waals surface area contributed by atoms with Crippen LogP contribution in [-0.2, 0) is 6.61 Å². The van der Waals surface area contributed by atoms with Gasteiger partial charge in [0.2, 0.25) is 11.8 Å². The molecule has 3 rings (SSSR count). The summed E-state index contributed by atoms with van der Waals surface area (Å²) in [7, 11) is 0. The predicted octanol–water partition coefficient (Wildman–Crippen LogP) is 2.28. The molecule has 0 bridgehead atoms. The summed E-state index contributed by atoms with van der Waals surface area (Å²) in [4.78, 5) is 15.1. The highest BCUT2D eigenvalue weighted by Gasteiger charge is 2.10. The van der Waals surface area contributed by atoms with Gasteiger partial charge in [-0.25, -0.2) is 4.98 Å². The maximum Gasteiger partial charge on any atom is 0.245 e. The number of ether oxygens (including phenoxy) is 1. The molecule has 0 aliphatic rings. The molecular formula is C12H10BrN5O. The number of nitrogens with two attached hydrogens (primary N) is 1. The van der Waals surface area contributed by atoms with Crippen LogP contribution in [0.15, 0.2) is 35.1 Å². The largest absolute Gasteiger partial charge is 0.471 e. The van der Waals surface area contributed by atoms with Crippen molar-refractivity contribution in [3.05, 3.63) is 40.6 Å². The minimum Gasteiger partial charge on any atom is -0.471 e. The van der Waals surface area contributed by atoms with Crippen LogP contribution >= 0.6 is 15.9 Å². The lowest BCUT2D eigenvalue weighted by Crippen LogP contribution is -2.02. The molecule has 7 heteroatoms. The van der Waals surface area contributed by atoms with Gasteiger partial charge in [-0.3, -0.25) is 0 Å². The highest BCUT2D eigenvalue weighted by molar-refractivity contribution is 9.10. The highest BCUT2D eigenvalue weighted by Crippen LogP contribution is 2.22. The molecule has 0 spiro atoms. The molecule has 0 unspecified atom stereocenters. The van der Waals surface area contributed by atoms with Crippen molar-refractivity contribution in [2.75, 3.05) is 5.73 Å². The summed E-state index contributed by atoms with van der Waals surface area (Å²) in [5.41, 5.74) is 7.77. The zero-order chi connectivity index (χ0) is 13.2. The number of halogens is 1. The Hall–Kier alpha value is -2.15. The van der Waals surface area contributed by atoms with Gasteiger partial charge in [0.15, 0.2) is 5.65 Å². The average molecular weight is 320 g/mol. The Morgan fingerprint density at radius 2 is 2.11 bits per heavy atom. The lowest BCUT2D eigenvalue weighted by molar-refractivity contribution is 0.297. The number of fused-ring (bicyclic) bond motifs is 1. The van der Waals surface area contributed by atoms with Crippen molar-refractivity contribution in [3.63, 3.8) is 0 Å². The fraction of sp³-hybridized carbons (Fsp3) is 0.0833. The number of rotatable bonds is 3. The Labute approximate surface area is 117 Å². The number of nitrogens with zero attached hydrogens (tertiary/aromatic N) is 3. The molecule has 3 aromatic rings. The van der Waals surface area contributed by atoms with Crippen molar-refractivity contribution in [2.45, 2.75) is 6.61 Å². The highest BCUT2D eigenvalue weighted by atomic mass is 79.9. The standard InChI is InChI=1S/C12H10BrN5O/c13-8-4-2-1-3-7(8)5-19-11-9-10(16-6-15-9)17-12(14)18-11/h1-4,6H,5H2,(H3,14,15,16,17,18). The number of benzene rings is 1. The van der Waals surface area contributed by atoms with Crippen LogP contribution in [0.3, 0.4) is 0 Å². The summed E-state index contributed by atoms with van der Waals surface area (Å²) in [6, 6.07) is 7.82. The van der Waals surface area contributed by atoms with E-state index in [4.69, 9.17) is 10.5 Å². The van der Waals surface area contributed by atoms with E-state index >= 15 is 0 Å². The SMILES string of the molecule is Nc1nc(OCc2ccccc2Br)c2[nH]cnc2n1. The van der Waals surface area contributed by atoms with Crippen LogP contribution in [0, 0.1) is 0 Å². The van der Waals surface area contributed by atoms with Gasteiger partial charge in [-0.1, -0.05) is 34.1 Å². The zero-order valence-electron chi connectivity index (χ0n) is 9.80. The van der Waals surface area contributed by atoms with Crippen LogP contribution in [0.25, 0.3) is 11.2 Å². The molecule has 0 fully saturated rings. The molecule has 1 aromatic carbocycles. The monoisotopic (exact) mass is 319 g/mol. The van der Waals surface area contributed by atoms with Gasteiger partial charge in [0.25, 0.3) is 0 Å². The Morgan fingerprint density at radius 3 is 2.95 bits per heavy atom. The molecule has 0 radical (unpaired) electrons. The Bertz CT molecular complexity index is 727. The van der Waals surface area contributed by atoms with E-state index in [-0.39, 0.29) is 5.95 Å². The smallest absolute Gasteiger partial charge is 0.245 e. The van der Waals surface area contributed by atoms with E-state index in [1.54, 1.807) is 0 Å². The number of anilines is 1. The van der Waals surface area contributed by atoms with Gasteiger partial charge < -0.3 is 15.5 Å². The number of H-pyrrole nitrogens is 1. The second kappa shape index (κ2) is 4.85. The summed E-state index contributed by atoms with van der Waals surface area (Å²) in [6.45, 7) is 0.381. The fourth-order valence-electron chi connectivity index (χ4n) is 1.69. The van der Waals surface area contributed by atoms with Crippen LogP contribution in [0.4, 0.5) is 5.95 Å². The number of nitrogens with one attached hydrogen (secondary N) is 1. The van der Waals surface area contributed by atoms with Crippen LogP contribution in [0.1, 0.15) is 5.56 Å². The van der Waals surface area contributed by atoms with Gasteiger partial charge in [-0.15, -0.1) is 0 Å². The molecule has 0 saturated carbocycles. The lowest BCUT2D eigenvalue weighted by Gasteiger charge is -2.07. The summed E-state index contributed by atoms with van der Waals surface area (Å²) in [5.74, 6) is 0.539. The van der Waals surface area contributed by atoms with E-state index in [1.807, 2.05) is 24.3 Å². The number of aromatic nitrogens is 4. The van der Waals surface area contributed by atoms with Crippen molar-refractivity contribution in [1.29, 1.82) is 0 Å². The molecule has 19 heavy (non-hydrogen) atoms. The first kappa shape index (κ1) is 11.9. The summed E-state index contributed by atoms with van der Waals surface area (Å²) < 4.78 is 6.68. The topological polar surface area (TPSA) is 89.7 Å². The quantitative estimate of drug-likeness (QED) is 0.773. The summed E-state index contributed by atoms with van der Waals surface area (Å²) in [5, 5.41) is 0. The number of nitrogen functional groups attached to an aromatic ring is 1. The molecule has 0 amide bonds. The van der Waals surface area contributed by atoms with Crippen LogP contribution in [0.2, 0.25) is 0 Å². The maximum absolute atomic E-state index is 5.69. The molecule has 6 nitrogen and oxygen atoms in total. The van der Waals surface area contributed by atoms with Gasteiger partial charge in [-0.2, -0.15) is 9.97 Å². The maximum atomic E-state index is 5.69. The van der Waals surface area contributed by atoms with E-state index in [2.05, 4.69) is 35.9 Å². The first-order valence-electron chi connectivity index (χ1n) is 5.57. The van der Waals surface area contributed by atoms with Gasteiger partial charge in [0.1, 0.15) is 12.1 Å². The van der Waals surface area contributed by atoms with Crippen LogP contribution in [0.5, 0.6) is 5.88 Å². The van der Waals surface area contributed by atoms with E-state index in [0.29, 0.717) is 23.7 Å². The predicted molar refractivity (Wildman–Crippen MR) is 74.6 cm³/mol. The molecule has 2 aromatic heterocycles. The number of imidazole rings is 1. The molecule has 0 atom stereocenters. The van der Waals surface area contributed by atoms with E-state index in [1.165, 1.54) is 6.33 Å². The molecule has 3 N–H and O–H groups in total. The van der Waals surface area contributed by atoms with Crippen LogP contribution < -0.4 is 10.5 Å². The minimum atomic E-state index is 0.140. The Balaban J connectivity index is 1.90. The fourth-order valence-corrected chi connectivity index (χ4v) is 2.09. The summed E-state index contributed by atoms with van der Waals surface area (Å²) >= 11 is 3.47. The third kappa shape index (κ3) is 2.37. The van der Waals surface area contributed by atoms with Gasteiger partial charge in [-0.05, 0) is 6.07 Å². The summed E-state index contributed by atoms with van der Waals surface area (Å²) in [6.07, 6.45) is 1.53. The van der Waals surface area contributed by atoms with Crippen LogP contribution in [-0.4, -0.2) is 19.9 Å². The molecule has 96 valence electrons. The van der Waals surface area contributed by atoms with Gasteiger partial charge in [0.05, 0.1) is 6.33 Å². The lowest BCUT2D eigenvalue weighted by atomic mass is 10.2. The second-order valence-electron chi connectivity index (χ2n) is 3.87. The van der Waals surface area contributed by atoms with Gasteiger partial charge >= 0.3 is 0 Å². The Kier molecular flexibility index (Phi) is 3.04. The number of hydrogen-bond acceptors (Lipinski definition) is 5. The zero-order valence-corrected chi connectivity index (χ0v) is 11.4. The van der Waals surface area contributed by atoms with Crippen molar-refractivity contribution in [3.8, 4) is 5.88 Å². The van der Waals surface area contributed by atoms with E-state index < -0.39 is 0 Å². The first-order valence-corrected chi connectivity index (χ1v) is 6.36. The minimum absolute atomic E-state index is 0.140. The second-order valence-corrected chi connectivity index (χ2v) is 4.72. The third-order valence-electron chi connectivity index (χ3n) is 2.59. The molecular weight excluding hydrogens is 310 g/mol. The third-order valence-corrected chi connectivity index (χ3v) is 3.37. The number of aromatic amines is 1. The molecule has 0 aliphatic carbocycles. The molecule has 0 saturated heterocycles. The molecule has 0 aliphatic heterocycles. The van der Waals surface area contributed by atoms with Crippen molar-refractivity contribution in [2.24, 2.45) is 0 Å². The average Bonchev–Trinajstić information content (AvgIpc) is 2.85. The Morgan fingerprint density at radius 1 is 1.26 bits per heavy atom. The van der Waals surface area contributed by atoms with E-state index in [0.717, 1.165) is 10.0 Å². The van der Waals surface area contributed by atoms with Crippen molar-refractivity contribution < 1.29 is 4.74 Å². The van der Waals surface area contributed by atoms with Crippen molar-refractivity contribution >= 4 is 33.0 Å². The van der Waals surface area contributed by atoms with Crippen molar-refractivity contribution in [1.82, 2.24) is 19.9 Å². The van der Waals surface area contributed by atoms with E-state index in [9.17, 15) is 0 Å². The van der Waals surface area contributed by atoms with Gasteiger partial charge in [0, 0.05) is 10.0 Å². The normalized spacial score (nSPS) is 10.8. The molecule has 2 heterocycles. The first-order chi connectivity index (χ1) is 9.24. The number of hydrogen-bond donors (Lipinski definition) is 2.